The Morgan fingerprint density at radius 2 is 2.00 bits per heavy atom. The maximum Gasteiger partial charge on any atom is 0.276 e. The normalized spacial score (nSPS) is 10.8. The van der Waals surface area contributed by atoms with Crippen molar-refractivity contribution in [2.24, 2.45) is 7.05 Å². The predicted molar refractivity (Wildman–Crippen MR) is 78.5 cm³/mol. The van der Waals surface area contributed by atoms with E-state index >= 15 is 0 Å². The van der Waals surface area contributed by atoms with Crippen LogP contribution < -0.4 is 10.9 Å². The number of amides is 1. The summed E-state index contributed by atoms with van der Waals surface area (Å²) in [5, 5.41) is 4.64. The summed E-state index contributed by atoms with van der Waals surface area (Å²) in [5.41, 5.74) is 1.61. The Morgan fingerprint density at radius 3 is 2.74 bits per heavy atom. The van der Waals surface area contributed by atoms with Crippen LogP contribution in [0.15, 0.2) is 40.5 Å². The summed E-state index contributed by atoms with van der Waals surface area (Å²) in [4.78, 5) is 25.0. The third kappa shape index (κ3) is 1.98. The largest absolute Gasteiger partial charge is 0.316 e. The van der Waals surface area contributed by atoms with E-state index in [0.29, 0.717) is 11.3 Å². The highest BCUT2D eigenvalue weighted by Gasteiger charge is 2.22. The minimum Gasteiger partial charge on any atom is -0.316 e. The number of carbonyl (C=O) groups is 1. The van der Waals surface area contributed by atoms with Gasteiger partial charge in [0, 0.05) is 18.0 Å². The molecule has 19 heavy (non-hydrogen) atoms. The second-order valence-electron chi connectivity index (χ2n) is 4.07. The Kier molecular flexibility index (Phi) is 2.96. The van der Waals surface area contributed by atoms with Crippen molar-refractivity contribution >= 4 is 32.3 Å². The lowest BCUT2D eigenvalue weighted by atomic mass is 10.2. The lowest BCUT2D eigenvalue weighted by Crippen LogP contribution is -2.19. The molecular weight excluding hydrogens is 280 g/mol. The zero-order chi connectivity index (χ0) is 13.4. The van der Waals surface area contributed by atoms with Gasteiger partial charge < -0.3 is 9.88 Å². The molecule has 4 nitrogen and oxygen atoms in total. The smallest absolute Gasteiger partial charge is 0.276 e. The maximum atomic E-state index is 12.1. The molecule has 2 aliphatic rings. The number of hydrogen-bond acceptors (Lipinski definition) is 4. The van der Waals surface area contributed by atoms with Gasteiger partial charge in [-0.15, -0.1) is 0 Å². The maximum absolute atomic E-state index is 12.1. The molecule has 0 saturated carbocycles. The van der Waals surface area contributed by atoms with E-state index < -0.39 is 0 Å². The Morgan fingerprint density at radius 1 is 1.26 bits per heavy atom. The first-order valence-corrected chi connectivity index (χ1v) is 7.82. The van der Waals surface area contributed by atoms with Crippen LogP contribution in [0, 0.1) is 0 Å². The zero-order valence-electron chi connectivity index (χ0n) is 10.0. The monoisotopic (exact) mass is 290 g/mol. The second-order valence-corrected chi connectivity index (χ2v) is 6.15. The molecule has 1 N–H and O–H groups in total. The van der Waals surface area contributed by atoms with Crippen LogP contribution in [-0.4, -0.2) is 10.5 Å². The molecule has 0 fully saturated rings. The van der Waals surface area contributed by atoms with E-state index in [1.807, 2.05) is 11.4 Å². The first kappa shape index (κ1) is 12.1. The van der Waals surface area contributed by atoms with Crippen LogP contribution in [0.3, 0.4) is 0 Å². The number of hydrogen-bond donors (Lipinski definition) is 1. The van der Waals surface area contributed by atoms with Gasteiger partial charge in [0.1, 0.15) is 5.69 Å². The molecule has 0 saturated heterocycles. The van der Waals surface area contributed by atoms with Crippen LogP contribution in [0.5, 0.6) is 0 Å². The van der Waals surface area contributed by atoms with Crippen LogP contribution in [-0.2, 0) is 7.05 Å². The van der Waals surface area contributed by atoms with Gasteiger partial charge in [-0.1, -0.05) is 38.9 Å². The number of carbonyl (C=O) groups excluding carboxylic acids is 1. The number of nitrogens with one attached hydrogen (secondary N) is 1. The van der Waals surface area contributed by atoms with Gasteiger partial charge in [0.05, 0.1) is 10.6 Å². The topological polar surface area (TPSA) is 51.1 Å². The molecule has 0 unspecified atom stereocenters. The number of fused-ring (bicyclic) bond motifs is 1. The Balaban J connectivity index is 1.99. The quantitative estimate of drug-likeness (QED) is 0.738. The molecule has 96 valence electrons. The van der Waals surface area contributed by atoms with Gasteiger partial charge in [-0.3, -0.25) is 9.59 Å². The van der Waals surface area contributed by atoms with E-state index in [1.165, 1.54) is 10.3 Å². The average molecular weight is 290 g/mol. The van der Waals surface area contributed by atoms with Crippen LogP contribution in [0.2, 0.25) is 0 Å². The molecule has 0 spiro atoms. The van der Waals surface area contributed by atoms with Crippen LogP contribution in [0.25, 0.3) is 10.6 Å². The molecule has 2 aliphatic heterocycles. The number of benzene rings is 1. The van der Waals surface area contributed by atoms with Gasteiger partial charge in [0.15, 0.2) is 0 Å². The lowest BCUT2D eigenvalue weighted by Gasteiger charge is -2.02. The first-order valence-electron chi connectivity index (χ1n) is 5.61. The lowest BCUT2D eigenvalue weighted by molar-refractivity contribution is 0.102. The van der Waals surface area contributed by atoms with Crippen molar-refractivity contribution in [3.63, 3.8) is 0 Å². The average Bonchev–Trinajstić information content (AvgIpc) is 2.99. The van der Waals surface area contributed by atoms with Crippen molar-refractivity contribution in [1.82, 2.24) is 4.57 Å². The number of aromatic nitrogens is 1. The predicted octanol–water partition coefficient (Wildman–Crippen LogP) is 2.87. The highest BCUT2D eigenvalue weighted by molar-refractivity contribution is 7.70. The highest BCUT2D eigenvalue weighted by atomic mass is 32.9. The van der Waals surface area contributed by atoms with E-state index in [9.17, 15) is 9.59 Å². The fraction of sp³-hybridized carbons (Fsp3) is 0.0769. The zero-order valence-corrected chi connectivity index (χ0v) is 11.7. The summed E-state index contributed by atoms with van der Waals surface area (Å²) >= 11 is 0. The first-order chi connectivity index (χ1) is 9.18. The highest BCUT2D eigenvalue weighted by Crippen LogP contribution is 2.36. The molecule has 0 radical (unpaired) electrons. The Bertz CT molecular complexity index is 755. The third-order valence-corrected chi connectivity index (χ3v) is 4.98. The molecule has 0 aliphatic carbocycles. The van der Waals surface area contributed by atoms with Crippen molar-refractivity contribution in [3.8, 4) is 10.6 Å². The third-order valence-electron chi connectivity index (χ3n) is 2.91. The van der Waals surface area contributed by atoms with E-state index in [0.717, 1.165) is 10.6 Å². The summed E-state index contributed by atoms with van der Waals surface area (Å²) in [6.45, 7) is 0. The minimum atomic E-state index is -0.261. The summed E-state index contributed by atoms with van der Waals surface area (Å²) < 4.78 is 1.56. The molecular formula is C13H10N2O2S2. The fourth-order valence-corrected chi connectivity index (χ4v) is 4.18. The molecule has 6 heteroatoms. The molecule has 0 aromatic heterocycles. The number of anilines is 1. The van der Waals surface area contributed by atoms with E-state index in [2.05, 4.69) is 5.32 Å². The van der Waals surface area contributed by atoms with E-state index in [4.69, 9.17) is 0 Å². The summed E-state index contributed by atoms with van der Waals surface area (Å²) in [6, 6.07) is 8.87. The molecule has 2 heterocycles. The molecule has 1 aromatic rings. The van der Waals surface area contributed by atoms with Gasteiger partial charge in [0.25, 0.3) is 11.5 Å². The van der Waals surface area contributed by atoms with Crippen molar-refractivity contribution in [1.29, 1.82) is 0 Å². The van der Waals surface area contributed by atoms with Crippen LogP contribution in [0.1, 0.15) is 10.4 Å². The Hall–Kier alpha value is -1.92. The van der Waals surface area contributed by atoms with E-state index in [1.54, 1.807) is 46.2 Å². The molecule has 1 amide bonds. The molecule has 0 bridgehead atoms. The SMILES string of the molecule is Cn1c2cssc-2c(NC(=O)c2ccccc2)c1=O. The molecule has 0 atom stereocenters. The van der Waals surface area contributed by atoms with Crippen molar-refractivity contribution < 1.29 is 4.79 Å². The minimum absolute atomic E-state index is 0.168. The molecule has 3 rings (SSSR count). The number of nitrogens with zero attached hydrogens (tertiary/aromatic N) is 1. The van der Waals surface area contributed by atoms with E-state index in [-0.39, 0.29) is 11.5 Å². The van der Waals surface area contributed by atoms with Crippen LogP contribution in [0.4, 0.5) is 5.69 Å². The Labute approximate surface area is 116 Å². The van der Waals surface area contributed by atoms with Gasteiger partial charge in [-0.05, 0) is 12.1 Å². The summed E-state index contributed by atoms with van der Waals surface area (Å²) in [6.07, 6.45) is 0. The van der Waals surface area contributed by atoms with Gasteiger partial charge in [-0.2, -0.15) is 0 Å². The van der Waals surface area contributed by atoms with Gasteiger partial charge in [0.2, 0.25) is 0 Å². The summed E-state index contributed by atoms with van der Waals surface area (Å²) in [5.74, 6) is -0.261. The van der Waals surface area contributed by atoms with Gasteiger partial charge in [-0.25, -0.2) is 0 Å². The molecule has 1 aromatic carbocycles. The second kappa shape index (κ2) is 4.64. The van der Waals surface area contributed by atoms with Crippen LogP contribution >= 0.6 is 20.7 Å². The van der Waals surface area contributed by atoms with Crippen molar-refractivity contribution in [2.45, 2.75) is 0 Å². The number of rotatable bonds is 2. The standard InChI is InChI=1S/C13H10N2O2S2/c1-15-9-7-18-19-11(9)10(13(15)17)14-12(16)8-5-3-2-4-6-8/h2-7H,1H3,(H,14,16). The van der Waals surface area contributed by atoms with Crippen molar-refractivity contribution in [2.75, 3.05) is 5.32 Å². The fourth-order valence-electron chi connectivity index (χ4n) is 1.87. The summed E-state index contributed by atoms with van der Waals surface area (Å²) in [7, 11) is 4.75. The van der Waals surface area contributed by atoms with Gasteiger partial charge >= 0.3 is 0 Å². The van der Waals surface area contributed by atoms with Crippen molar-refractivity contribution in [3.05, 3.63) is 51.6 Å².